The number of esters is 1. The third-order valence-electron chi connectivity index (χ3n) is 4.85. The average molecular weight is 469 g/mol. The molecule has 2 rings (SSSR count). The summed E-state index contributed by atoms with van der Waals surface area (Å²) in [7, 11) is 1.52. The van der Waals surface area contributed by atoms with E-state index in [1.54, 1.807) is 18.2 Å². The first-order chi connectivity index (χ1) is 15.7. The molecule has 0 aliphatic rings. The average Bonchev–Trinajstić information content (AvgIpc) is 2.76. The second kappa shape index (κ2) is 13.1. The Hall–Kier alpha value is -2.74. The summed E-state index contributed by atoms with van der Waals surface area (Å²) in [5, 5.41) is 0. The molecule has 0 aromatic heterocycles. The quantitative estimate of drug-likeness (QED) is 0.268. The van der Waals surface area contributed by atoms with Crippen molar-refractivity contribution in [3.8, 4) is 11.5 Å². The van der Waals surface area contributed by atoms with Crippen molar-refractivity contribution < 1.29 is 36.9 Å². The van der Waals surface area contributed by atoms with E-state index in [2.05, 4.69) is 6.92 Å². The Balaban J connectivity index is 2.10. The van der Waals surface area contributed by atoms with E-state index >= 15 is 0 Å². The van der Waals surface area contributed by atoms with Gasteiger partial charge in [0, 0.05) is 14.0 Å². The highest BCUT2D eigenvalue weighted by molar-refractivity contribution is 5.66. The van der Waals surface area contributed by atoms with E-state index in [0.29, 0.717) is 17.1 Å². The van der Waals surface area contributed by atoms with Gasteiger partial charge in [0.25, 0.3) is 0 Å². The standard InChI is InChI=1S/C25H31F3O5/c1-4-5-6-9-20-14-22(31-15-19-8-7-10-21(13-19)25(26,27)28)11-12-24(20)32-17-23(16-30-3)33-18(2)29/h7-8,10-14,23H,4-6,9,15-17H2,1-3H3/t23-/m0/s1. The molecule has 0 unspecified atom stereocenters. The van der Waals surface area contributed by atoms with Crippen LogP contribution in [0.5, 0.6) is 11.5 Å². The highest BCUT2D eigenvalue weighted by Gasteiger charge is 2.30. The Morgan fingerprint density at radius 2 is 1.82 bits per heavy atom. The van der Waals surface area contributed by atoms with Crippen molar-refractivity contribution in [2.75, 3.05) is 20.3 Å². The lowest BCUT2D eigenvalue weighted by Crippen LogP contribution is -2.28. The van der Waals surface area contributed by atoms with Crippen molar-refractivity contribution in [1.29, 1.82) is 0 Å². The van der Waals surface area contributed by atoms with Gasteiger partial charge < -0.3 is 18.9 Å². The summed E-state index contributed by atoms with van der Waals surface area (Å²) in [5.41, 5.74) is 0.649. The van der Waals surface area contributed by atoms with Crippen LogP contribution in [-0.2, 0) is 33.5 Å². The van der Waals surface area contributed by atoms with Crippen LogP contribution in [0.3, 0.4) is 0 Å². The van der Waals surface area contributed by atoms with E-state index in [1.807, 2.05) is 6.07 Å². The molecule has 8 heteroatoms. The minimum atomic E-state index is -4.39. The predicted molar refractivity (Wildman–Crippen MR) is 118 cm³/mol. The van der Waals surface area contributed by atoms with Gasteiger partial charge in [-0.1, -0.05) is 31.9 Å². The molecule has 0 saturated heterocycles. The highest BCUT2D eigenvalue weighted by Crippen LogP contribution is 2.30. The van der Waals surface area contributed by atoms with Crippen molar-refractivity contribution in [2.24, 2.45) is 0 Å². The first-order valence-corrected chi connectivity index (χ1v) is 10.9. The summed E-state index contributed by atoms with van der Waals surface area (Å²) in [6.07, 6.45) is -1.11. The van der Waals surface area contributed by atoms with Gasteiger partial charge in [-0.15, -0.1) is 0 Å². The minimum absolute atomic E-state index is 0.0148. The number of hydrogen-bond acceptors (Lipinski definition) is 5. The molecule has 0 aliphatic heterocycles. The second-order valence-electron chi connectivity index (χ2n) is 7.71. The van der Waals surface area contributed by atoms with Crippen LogP contribution in [0.4, 0.5) is 13.2 Å². The molecule has 0 radical (unpaired) electrons. The van der Waals surface area contributed by atoms with Gasteiger partial charge in [0.2, 0.25) is 0 Å². The molecule has 182 valence electrons. The minimum Gasteiger partial charge on any atom is -0.489 e. The number of aryl methyl sites for hydroxylation is 1. The van der Waals surface area contributed by atoms with Gasteiger partial charge in [0.1, 0.15) is 24.7 Å². The number of alkyl halides is 3. The second-order valence-corrected chi connectivity index (χ2v) is 7.71. The van der Waals surface area contributed by atoms with Gasteiger partial charge in [-0.25, -0.2) is 0 Å². The largest absolute Gasteiger partial charge is 0.489 e. The Bertz CT molecular complexity index is 883. The molecule has 5 nitrogen and oxygen atoms in total. The maximum absolute atomic E-state index is 12.9. The van der Waals surface area contributed by atoms with Gasteiger partial charge in [-0.3, -0.25) is 4.79 Å². The number of benzene rings is 2. The Morgan fingerprint density at radius 3 is 2.48 bits per heavy atom. The van der Waals surface area contributed by atoms with E-state index < -0.39 is 23.8 Å². The molecule has 0 aliphatic carbocycles. The molecule has 0 saturated carbocycles. The molecule has 0 spiro atoms. The summed E-state index contributed by atoms with van der Waals surface area (Å²) in [4.78, 5) is 11.3. The molecule has 0 amide bonds. The van der Waals surface area contributed by atoms with E-state index in [0.717, 1.165) is 43.4 Å². The smallest absolute Gasteiger partial charge is 0.416 e. The van der Waals surface area contributed by atoms with Crippen molar-refractivity contribution in [1.82, 2.24) is 0 Å². The first-order valence-electron chi connectivity index (χ1n) is 10.9. The number of carbonyl (C=O) groups is 1. The summed E-state index contributed by atoms with van der Waals surface area (Å²) in [6.45, 7) is 3.80. The zero-order valence-electron chi connectivity index (χ0n) is 19.2. The van der Waals surface area contributed by atoms with Crippen LogP contribution in [0, 0.1) is 0 Å². The van der Waals surface area contributed by atoms with Gasteiger partial charge >= 0.3 is 12.1 Å². The molecular weight excluding hydrogens is 437 g/mol. The molecular formula is C25H31F3O5. The number of rotatable bonds is 13. The Kier molecular flexibility index (Phi) is 10.5. The van der Waals surface area contributed by atoms with Crippen LogP contribution in [-0.4, -0.2) is 32.4 Å². The molecule has 0 heterocycles. The molecule has 2 aromatic carbocycles. The third-order valence-corrected chi connectivity index (χ3v) is 4.85. The zero-order chi connectivity index (χ0) is 24.3. The summed E-state index contributed by atoms with van der Waals surface area (Å²) in [6, 6.07) is 10.4. The monoisotopic (exact) mass is 468 g/mol. The molecule has 2 aromatic rings. The number of carbonyl (C=O) groups excluding carboxylic acids is 1. The SMILES string of the molecule is CCCCCc1cc(OCc2cccc(C(F)(F)F)c2)ccc1OC[C@H](COC)OC(C)=O. The fourth-order valence-electron chi connectivity index (χ4n) is 3.27. The molecule has 33 heavy (non-hydrogen) atoms. The van der Waals surface area contributed by atoms with Crippen LogP contribution in [0.2, 0.25) is 0 Å². The van der Waals surface area contributed by atoms with Crippen LogP contribution in [0.25, 0.3) is 0 Å². The maximum Gasteiger partial charge on any atom is 0.416 e. The van der Waals surface area contributed by atoms with Crippen LogP contribution in [0.1, 0.15) is 49.8 Å². The van der Waals surface area contributed by atoms with Crippen LogP contribution < -0.4 is 9.47 Å². The van der Waals surface area contributed by atoms with E-state index in [9.17, 15) is 18.0 Å². The van der Waals surface area contributed by atoms with Crippen molar-refractivity contribution in [3.05, 3.63) is 59.2 Å². The Morgan fingerprint density at radius 1 is 1.03 bits per heavy atom. The topological polar surface area (TPSA) is 54.0 Å². The number of unbranched alkanes of at least 4 members (excludes halogenated alkanes) is 2. The number of halogens is 3. The normalized spacial score (nSPS) is 12.3. The molecule has 0 N–H and O–H groups in total. The number of hydrogen-bond donors (Lipinski definition) is 0. The van der Waals surface area contributed by atoms with E-state index in [1.165, 1.54) is 20.1 Å². The first kappa shape index (κ1) is 26.5. The number of ether oxygens (including phenoxy) is 4. The number of methoxy groups -OCH3 is 1. The van der Waals surface area contributed by atoms with Gasteiger partial charge in [0.15, 0.2) is 6.10 Å². The van der Waals surface area contributed by atoms with Crippen molar-refractivity contribution >= 4 is 5.97 Å². The summed E-state index contributed by atoms with van der Waals surface area (Å²) in [5.74, 6) is 0.771. The maximum atomic E-state index is 12.9. The van der Waals surface area contributed by atoms with E-state index in [-0.39, 0.29) is 19.8 Å². The highest BCUT2D eigenvalue weighted by atomic mass is 19.4. The van der Waals surface area contributed by atoms with E-state index in [4.69, 9.17) is 18.9 Å². The fourth-order valence-corrected chi connectivity index (χ4v) is 3.27. The van der Waals surface area contributed by atoms with Crippen LogP contribution in [0.15, 0.2) is 42.5 Å². The van der Waals surface area contributed by atoms with Gasteiger partial charge in [0.05, 0.1) is 12.2 Å². The van der Waals surface area contributed by atoms with Crippen molar-refractivity contribution in [2.45, 2.75) is 58.4 Å². The van der Waals surface area contributed by atoms with Gasteiger partial charge in [-0.05, 0) is 54.3 Å². The lowest BCUT2D eigenvalue weighted by Gasteiger charge is -2.19. The zero-order valence-corrected chi connectivity index (χ0v) is 19.2. The summed E-state index contributed by atoms with van der Waals surface area (Å²) >= 11 is 0. The lowest BCUT2D eigenvalue weighted by molar-refractivity contribution is -0.150. The molecule has 0 fully saturated rings. The predicted octanol–water partition coefficient (Wildman–Crippen LogP) is 5.97. The third kappa shape index (κ3) is 9.34. The molecule has 0 bridgehead atoms. The van der Waals surface area contributed by atoms with Gasteiger partial charge in [-0.2, -0.15) is 13.2 Å². The fraction of sp³-hybridized carbons (Fsp3) is 0.480. The van der Waals surface area contributed by atoms with Crippen molar-refractivity contribution in [3.63, 3.8) is 0 Å². The lowest BCUT2D eigenvalue weighted by atomic mass is 10.1. The summed E-state index contributed by atoms with van der Waals surface area (Å²) < 4.78 is 60.8. The molecule has 1 atom stereocenters. The Labute approximate surface area is 192 Å². The van der Waals surface area contributed by atoms with Crippen LogP contribution >= 0.6 is 0 Å².